The van der Waals surface area contributed by atoms with E-state index in [4.69, 9.17) is 5.11 Å². The number of aromatic nitrogens is 1. The Balaban J connectivity index is 1.81. The minimum absolute atomic E-state index is 0.270. The highest BCUT2D eigenvalue weighted by molar-refractivity contribution is 7.20. The first-order valence-electron chi connectivity index (χ1n) is 6.09. The molecule has 2 rings (SSSR count). The van der Waals surface area contributed by atoms with E-state index in [1.54, 1.807) is 22.7 Å². The summed E-state index contributed by atoms with van der Waals surface area (Å²) in [5, 5.41) is 15.4. The molecule has 1 unspecified atom stereocenters. The number of aliphatic hydroxyl groups is 1. The second kappa shape index (κ2) is 6.99. The van der Waals surface area contributed by atoms with E-state index in [-0.39, 0.29) is 6.61 Å². The van der Waals surface area contributed by atoms with Crippen LogP contribution in [0.5, 0.6) is 0 Å². The molecule has 3 nitrogen and oxygen atoms in total. The highest BCUT2D eigenvalue weighted by atomic mass is 32.1. The van der Waals surface area contributed by atoms with Gasteiger partial charge in [0.2, 0.25) is 0 Å². The van der Waals surface area contributed by atoms with Gasteiger partial charge in [0.25, 0.3) is 0 Å². The minimum atomic E-state index is 0.270. The van der Waals surface area contributed by atoms with Gasteiger partial charge in [-0.3, -0.25) is 0 Å². The molecule has 0 spiro atoms. The van der Waals surface area contributed by atoms with Gasteiger partial charge in [-0.2, -0.15) is 0 Å². The highest BCUT2D eigenvalue weighted by Crippen LogP contribution is 2.28. The van der Waals surface area contributed by atoms with E-state index in [9.17, 15) is 0 Å². The van der Waals surface area contributed by atoms with Crippen LogP contribution in [0.25, 0.3) is 9.88 Å². The van der Waals surface area contributed by atoms with E-state index in [2.05, 4.69) is 34.7 Å². The fraction of sp³-hybridized carbons (Fsp3) is 0.462. The van der Waals surface area contributed by atoms with Crippen molar-refractivity contribution >= 4 is 22.7 Å². The van der Waals surface area contributed by atoms with Crippen LogP contribution in [-0.2, 0) is 6.54 Å². The second-order valence-corrected chi connectivity index (χ2v) is 6.42. The number of hydrogen-bond acceptors (Lipinski definition) is 5. The summed E-state index contributed by atoms with van der Waals surface area (Å²) in [5.74, 6) is 0.514. The Morgan fingerprint density at radius 2 is 2.39 bits per heavy atom. The molecule has 0 aliphatic carbocycles. The molecule has 2 aromatic rings. The maximum absolute atomic E-state index is 8.83. The molecule has 1 atom stereocenters. The van der Waals surface area contributed by atoms with Crippen molar-refractivity contribution in [3.63, 3.8) is 0 Å². The first kappa shape index (κ1) is 13.7. The van der Waals surface area contributed by atoms with Crippen LogP contribution < -0.4 is 5.32 Å². The average Bonchev–Trinajstić information content (AvgIpc) is 2.99. The lowest BCUT2D eigenvalue weighted by atomic mass is 10.1. The van der Waals surface area contributed by atoms with Crippen molar-refractivity contribution in [2.75, 3.05) is 13.2 Å². The lowest BCUT2D eigenvalue weighted by Crippen LogP contribution is -2.20. The van der Waals surface area contributed by atoms with Crippen LogP contribution >= 0.6 is 22.7 Å². The van der Waals surface area contributed by atoms with Crippen molar-refractivity contribution < 1.29 is 5.11 Å². The molecule has 0 fully saturated rings. The van der Waals surface area contributed by atoms with Gasteiger partial charge < -0.3 is 10.4 Å². The van der Waals surface area contributed by atoms with E-state index < -0.39 is 0 Å². The number of thiazole rings is 1. The number of hydrogen-bond donors (Lipinski definition) is 2. The van der Waals surface area contributed by atoms with Crippen LogP contribution in [-0.4, -0.2) is 23.2 Å². The molecule has 2 heterocycles. The summed E-state index contributed by atoms with van der Waals surface area (Å²) in [7, 11) is 0. The van der Waals surface area contributed by atoms with Crippen LogP contribution in [0.4, 0.5) is 0 Å². The Morgan fingerprint density at radius 3 is 3.11 bits per heavy atom. The van der Waals surface area contributed by atoms with Crippen molar-refractivity contribution in [2.24, 2.45) is 5.92 Å². The summed E-state index contributed by atoms with van der Waals surface area (Å²) < 4.78 is 0. The standard InChI is InChI=1S/C13H18N2OS2/c1-10(4-5-16)7-14-8-11-9-15-13(18-11)12-3-2-6-17-12/h2-3,6,9-10,14,16H,4-5,7-8H2,1H3. The Labute approximate surface area is 116 Å². The predicted molar refractivity (Wildman–Crippen MR) is 78.0 cm³/mol. The quantitative estimate of drug-likeness (QED) is 0.820. The summed E-state index contributed by atoms with van der Waals surface area (Å²) in [6.07, 6.45) is 2.81. The van der Waals surface area contributed by atoms with Gasteiger partial charge in [0.05, 0.1) is 4.88 Å². The Bertz CT molecular complexity index is 453. The normalized spacial score (nSPS) is 12.8. The molecule has 0 saturated heterocycles. The second-order valence-electron chi connectivity index (χ2n) is 4.36. The van der Waals surface area contributed by atoms with Crippen LogP contribution in [0, 0.1) is 5.92 Å². The molecule has 2 N–H and O–H groups in total. The molecule has 0 amide bonds. The zero-order chi connectivity index (χ0) is 12.8. The third-order valence-electron chi connectivity index (χ3n) is 2.70. The van der Waals surface area contributed by atoms with E-state index in [0.717, 1.165) is 24.5 Å². The third-order valence-corrected chi connectivity index (χ3v) is 4.74. The van der Waals surface area contributed by atoms with Crippen molar-refractivity contribution in [1.29, 1.82) is 0 Å². The lowest BCUT2D eigenvalue weighted by Gasteiger charge is -2.09. The molecule has 0 aromatic carbocycles. The van der Waals surface area contributed by atoms with E-state index in [0.29, 0.717) is 5.92 Å². The first-order chi connectivity index (χ1) is 8.79. The Morgan fingerprint density at radius 1 is 1.50 bits per heavy atom. The number of aliphatic hydroxyl groups excluding tert-OH is 1. The smallest absolute Gasteiger partial charge is 0.133 e. The van der Waals surface area contributed by atoms with Gasteiger partial charge in [0, 0.05) is 24.2 Å². The lowest BCUT2D eigenvalue weighted by molar-refractivity contribution is 0.260. The molecular weight excluding hydrogens is 264 g/mol. The molecule has 5 heteroatoms. The number of nitrogens with one attached hydrogen (secondary N) is 1. The maximum Gasteiger partial charge on any atom is 0.133 e. The molecule has 0 bridgehead atoms. The molecule has 18 heavy (non-hydrogen) atoms. The van der Waals surface area contributed by atoms with Crippen molar-refractivity contribution in [3.8, 4) is 9.88 Å². The molecule has 0 radical (unpaired) electrons. The summed E-state index contributed by atoms with van der Waals surface area (Å²) in [6.45, 7) is 4.21. The van der Waals surface area contributed by atoms with E-state index in [1.807, 2.05) is 6.20 Å². The van der Waals surface area contributed by atoms with Crippen LogP contribution in [0.2, 0.25) is 0 Å². The monoisotopic (exact) mass is 282 g/mol. The summed E-state index contributed by atoms with van der Waals surface area (Å²) in [6, 6.07) is 4.15. The first-order valence-corrected chi connectivity index (χ1v) is 7.79. The summed E-state index contributed by atoms with van der Waals surface area (Å²) in [4.78, 5) is 6.94. The SMILES string of the molecule is CC(CCO)CNCc1cnc(-c2cccs2)s1. The summed E-state index contributed by atoms with van der Waals surface area (Å²) in [5.41, 5.74) is 0. The highest BCUT2D eigenvalue weighted by Gasteiger charge is 2.06. The fourth-order valence-electron chi connectivity index (χ4n) is 1.67. The zero-order valence-electron chi connectivity index (χ0n) is 10.4. The van der Waals surface area contributed by atoms with Gasteiger partial charge in [-0.1, -0.05) is 13.0 Å². The zero-order valence-corrected chi connectivity index (χ0v) is 12.1. The van der Waals surface area contributed by atoms with Gasteiger partial charge in [-0.25, -0.2) is 4.98 Å². The molecule has 2 aromatic heterocycles. The van der Waals surface area contributed by atoms with Crippen molar-refractivity contribution in [2.45, 2.75) is 19.9 Å². The fourth-order valence-corrected chi connectivity index (χ4v) is 3.35. The van der Waals surface area contributed by atoms with E-state index in [1.165, 1.54) is 9.75 Å². The number of thiophene rings is 1. The topological polar surface area (TPSA) is 45.1 Å². The molecule has 0 aliphatic heterocycles. The average molecular weight is 282 g/mol. The predicted octanol–water partition coefficient (Wildman–Crippen LogP) is 2.98. The van der Waals surface area contributed by atoms with Gasteiger partial charge >= 0.3 is 0 Å². The maximum atomic E-state index is 8.83. The van der Waals surface area contributed by atoms with Crippen molar-refractivity contribution in [1.82, 2.24) is 10.3 Å². The Kier molecular flexibility index (Phi) is 5.31. The summed E-state index contributed by atoms with van der Waals surface area (Å²) >= 11 is 3.47. The number of rotatable bonds is 7. The van der Waals surface area contributed by atoms with Crippen LogP contribution in [0.1, 0.15) is 18.2 Å². The van der Waals surface area contributed by atoms with E-state index >= 15 is 0 Å². The molecule has 0 aliphatic rings. The largest absolute Gasteiger partial charge is 0.396 e. The Hall–Kier alpha value is -0.750. The molecule has 98 valence electrons. The van der Waals surface area contributed by atoms with Crippen molar-refractivity contribution in [3.05, 3.63) is 28.6 Å². The van der Waals surface area contributed by atoms with Crippen LogP contribution in [0.15, 0.2) is 23.7 Å². The van der Waals surface area contributed by atoms with Gasteiger partial charge in [-0.15, -0.1) is 22.7 Å². The molecular formula is C13H18N2OS2. The number of nitrogens with zero attached hydrogens (tertiary/aromatic N) is 1. The third kappa shape index (κ3) is 3.88. The van der Waals surface area contributed by atoms with Crippen LogP contribution in [0.3, 0.4) is 0 Å². The molecule has 0 saturated carbocycles. The van der Waals surface area contributed by atoms with Gasteiger partial charge in [0.1, 0.15) is 5.01 Å². The van der Waals surface area contributed by atoms with Gasteiger partial charge in [0.15, 0.2) is 0 Å². The minimum Gasteiger partial charge on any atom is -0.396 e. The van der Waals surface area contributed by atoms with Gasteiger partial charge in [-0.05, 0) is 30.3 Å².